The van der Waals surface area contributed by atoms with Crippen molar-refractivity contribution in [2.24, 2.45) is 0 Å². The summed E-state index contributed by atoms with van der Waals surface area (Å²) in [6.07, 6.45) is 0. The summed E-state index contributed by atoms with van der Waals surface area (Å²) >= 11 is 0. The highest BCUT2D eigenvalue weighted by molar-refractivity contribution is 6.62. The molecule has 0 saturated carbocycles. The van der Waals surface area contributed by atoms with Crippen LogP contribution in [-0.2, 0) is 0 Å². The van der Waals surface area contributed by atoms with E-state index in [4.69, 9.17) is 17.9 Å². The molecule has 2 radical (unpaired) electrons. The van der Waals surface area contributed by atoms with Crippen LogP contribution in [0.3, 0.4) is 0 Å². The smallest absolute Gasteiger partial charge is 0.423 e. The molecule has 0 saturated heterocycles. The third-order valence-corrected chi connectivity index (χ3v) is 2.27. The first-order chi connectivity index (χ1) is 6.70. The van der Waals surface area contributed by atoms with Gasteiger partial charge in [-0.1, -0.05) is 41.9 Å². The Balaban J connectivity index is 2.81. The molecule has 0 spiro atoms. The zero-order valence-electron chi connectivity index (χ0n) is 7.51. The lowest BCUT2D eigenvalue weighted by atomic mass is 9.75. The van der Waals surface area contributed by atoms with Crippen molar-refractivity contribution in [3.05, 3.63) is 36.4 Å². The van der Waals surface area contributed by atoms with Crippen LogP contribution in [0.2, 0.25) is 0 Å². The second-order valence-electron chi connectivity index (χ2n) is 3.16. The van der Waals surface area contributed by atoms with Gasteiger partial charge >= 0.3 is 7.12 Å². The average Bonchev–Trinajstić information content (AvgIpc) is 2.17. The third-order valence-electron chi connectivity index (χ3n) is 2.27. The van der Waals surface area contributed by atoms with Crippen LogP contribution in [0.25, 0.3) is 10.8 Å². The molecule has 14 heavy (non-hydrogen) atoms. The average molecular weight is 182 g/mol. The van der Waals surface area contributed by atoms with E-state index in [1.165, 1.54) is 0 Å². The standard InChI is InChI=1S/C10H8B2O2/c11-9-5-1-4-8-7(9)3-2-6-10(8)12(13)14/h1-6,13-14H. The van der Waals surface area contributed by atoms with E-state index in [0.29, 0.717) is 10.9 Å². The van der Waals surface area contributed by atoms with Crippen molar-refractivity contribution in [2.45, 2.75) is 0 Å². The molecule has 66 valence electrons. The molecule has 2 aromatic carbocycles. The molecule has 0 aliphatic heterocycles. The first kappa shape index (κ1) is 9.31. The second-order valence-corrected chi connectivity index (χ2v) is 3.16. The van der Waals surface area contributed by atoms with Crippen LogP contribution in [0.1, 0.15) is 0 Å². The van der Waals surface area contributed by atoms with E-state index in [2.05, 4.69) is 0 Å². The molecule has 0 atom stereocenters. The SMILES string of the molecule is [B]c1cccc2c(B(O)O)cccc12. The number of hydrogen-bond acceptors (Lipinski definition) is 2. The topological polar surface area (TPSA) is 40.5 Å². The van der Waals surface area contributed by atoms with Crippen LogP contribution in [0.15, 0.2) is 36.4 Å². The Labute approximate surface area is 83.7 Å². The minimum absolute atomic E-state index is 0.481. The molecule has 0 amide bonds. The molecule has 0 heterocycles. The lowest BCUT2D eigenvalue weighted by molar-refractivity contribution is 0.426. The van der Waals surface area contributed by atoms with E-state index in [1.807, 2.05) is 12.1 Å². The highest BCUT2D eigenvalue weighted by Crippen LogP contribution is 2.08. The summed E-state index contributed by atoms with van der Waals surface area (Å²) in [4.78, 5) is 0. The van der Waals surface area contributed by atoms with E-state index in [9.17, 15) is 0 Å². The fourth-order valence-electron chi connectivity index (χ4n) is 1.58. The quantitative estimate of drug-likeness (QED) is 0.573. The van der Waals surface area contributed by atoms with Crippen LogP contribution in [0.5, 0.6) is 0 Å². The molecule has 4 heteroatoms. The van der Waals surface area contributed by atoms with Crippen LogP contribution >= 0.6 is 0 Å². The van der Waals surface area contributed by atoms with E-state index in [0.717, 1.165) is 10.8 Å². The number of rotatable bonds is 1. The number of hydrogen-bond donors (Lipinski definition) is 2. The third kappa shape index (κ3) is 1.43. The zero-order chi connectivity index (χ0) is 10.1. The monoisotopic (exact) mass is 182 g/mol. The highest BCUT2D eigenvalue weighted by Gasteiger charge is 2.13. The van der Waals surface area contributed by atoms with Crippen molar-refractivity contribution in [1.29, 1.82) is 0 Å². The fourth-order valence-corrected chi connectivity index (χ4v) is 1.58. The molecule has 2 aromatic rings. The Morgan fingerprint density at radius 2 is 1.57 bits per heavy atom. The van der Waals surface area contributed by atoms with Gasteiger partial charge in [-0.05, 0) is 16.2 Å². The molecule has 0 fully saturated rings. The summed E-state index contributed by atoms with van der Waals surface area (Å²) in [7, 11) is 4.30. The molecule has 0 aliphatic carbocycles. The number of fused-ring (bicyclic) bond motifs is 1. The maximum atomic E-state index is 9.13. The molecular formula is C10H8B2O2. The maximum absolute atomic E-state index is 9.13. The van der Waals surface area contributed by atoms with Gasteiger partial charge in [0.15, 0.2) is 0 Å². The molecule has 2 rings (SSSR count). The molecule has 0 aliphatic rings. The van der Waals surface area contributed by atoms with Gasteiger partial charge in [0.2, 0.25) is 0 Å². The zero-order valence-corrected chi connectivity index (χ0v) is 7.51. The lowest BCUT2D eigenvalue weighted by Crippen LogP contribution is -2.31. The van der Waals surface area contributed by atoms with E-state index in [-0.39, 0.29) is 0 Å². The van der Waals surface area contributed by atoms with Gasteiger partial charge in [-0.25, -0.2) is 0 Å². The summed E-state index contributed by atoms with van der Waals surface area (Å²) < 4.78 is 0. The lowest BCUT2D eigenvalue weighted by Gasteiger charge is -2.07. The van der Waals surface area contributed by atoms with Gasteiger partial charge in [-0.3, -0.25) is 0 Å². The Bertz CT molecular complexity index is 469. The first-order valence-corrected chi connectivity index (χ1v) is 4.33. The fraction of sp³-hybridized carbons (Fsp3) is 0. The Morgan fingerprint density at radius 1 is 0.929 bits per heavy atom. The predicted octanol–water partition coefficient (Wildman–Crippen LogP) is -0.687. The van der Waals surface area contributed by atoms with Crippen molar-refractivity contribution in [3.63, 3.8) is 0 Å². The van der Waals surface area contributed by atoms with Gasteiger partial charge in [-0.2, -0.15) is 0 Å². The second kappa shape index (κ2) is 3.48. The van der Waals surface area contributed by atoms with Crippen molar-refractivity contribution in [2.75, 3.05) is 0 Å². The van der Waals surface area contributed by atoms with Crippen molar-refractivity contribution >= 4 is 36.7 Å². The van der Waals surface area contributed by atoms with Crippen molar-refractivity contribution < 1.29 is 10.0 Å². The summed E-state index contributed by atoms with van der Waals surface area (Å²) in [5.41, 5.74) is 1.12. The van der Waals surface area contributed by atoms with Gasteiger partial charge in [0.05, 0.1) is 0 Å². The van der Waals surface area contributed by atoms with Gasteiger partial charge in [0.25, 0.3) is 0 Å². The van der Waals surface area contributed by atoms with Crippen molar-refractivity contribution in [3.8, 4) is 0 Å². The highest BCUT2D eigenvalue weighted by atomic mass is 16.4. The van der Waals surface area contributed by atoms with Crippen LogP contribution in [-0.4, -0.2) is 25.0 Å². The van der Waals surface area contributed by atoms with Gasteiger partial charge < -0.3 is 10.0 Å². The van der Waals surface area contributed by atoms with E-state index in [1.54, 1.807) is 24.3 Å². The predicted molar refractivity (Wildman–Crippen MR) is 59.2 cm³/mol. The molecular weight excluding hydrogens is 174 g/mol. The molecule has 2 nitrogen and oxygen atoms in total. The van der Waals surface area contributed by atoms with Gasteiger partial charge in [-0.15, -0.1) is 0 Å². The minimum Gasteiger partial charge on any atom is -0.423 e. The molecule has 2 N–H and O–H groups in total. The van der Waals surface area contributed by atoms with Crippen LogP contribution in [0, 0.1) is 0 Å². The minimum atomic E-state index is -1.46. The molecule has 0 unspecified atom stereocenters. The first-order valence-electron chi connectivity index (χ1n) is 4.33. The molecule has 0 aromatic heterocycles. The Kier molecular flexibility index (Phi) is 2.32. The summed E-state index contributed by atoms with van der Waals surface area (Å²) in [6.45, 7) is 0. The van der Waals surface area contributed by atoms with E-state index >= 15 is 0 Å². The van der Waals surface area contributed by atoms with Gasteiger partial charge in [0, 0.05) is 0 Å². The Hall–Kier alpha value is -1.25. The summed E-state index contributed by atoms with van der Waals surface area (Å²) in [6, 6.07) is 10.7. The largest absolute Gasteiger partial charge is 0.489 e. The van der Waals surface area contributed by atoms with Crippen molar-refractivity contribution in [1.82, 2.24) is 0 Å². The van der Waals surface area contributed by atoms with Crippen LogP contribution in [0.4, 0.5) is 0 Å². The summed E-state index contributed by atoms with van der Waals surface area (Å²) in [5, 5.41) is 19.9. The van der Waals surface area contributed by atoms with E-state index < -0.39 is 7.12 Å². The molecule has 0 bridgehead atoms. The van der Waals surface area contributed by atoms with Gasteiger partial charge in [0.1, 0.15) is 7.85 Å². The summed E-state index contributed by atoms with van der Waals surface area (Å²) in [5.74, 6) is 0. The maximum Gasteiger partial charge on any atom is 0.489 e. The normalized spacial score (nSPS) is 10.4. The Morgan fingerprint density at radius 3 is 2.29 bits per heavy atom. The number of benzene rings is 2. The van der Waals surface area contributed by atoms with Crippen LogP contribution < -0.4 is 10.9 Å².